The number of allylic oxidation sites excluding steroid dienone is 1. The van der Waals surface area contributed by atoms with E-state index in [1.165, 1.54) is 10.6 Å². The molecule has 2 aromatic rings. The van der Waals surface area contributed by atoms with Crippen LogP contribution in [-0.2, 0) is 13.1 Å². The van der Waals surface area contributed by atoms with E-state index < -0.39 is 11.2 Å². The number of aromatic nitrogens is 2. The molecule has 0 saturated carbocycles. The summed E-state index contributed by atoms with van der Waals surface area (Å²) in [7, 11) is 0. The van der Waals surface area contributed by atoms with Crippen LogP contribution in [0.5, 0.6) is 0 Å². The van der Waals surface area contributed by atoms with Crippen LogP contribution in [0, 0.1) is 0 Å². The van der Waals surface area contributed by atoms with Crippen LogP contribution in [0.1, 0.15) is 5.56 Å². The number of anilines is 2. The second-order valence-corrected chi connectivity index (χ2v) is 4.93. The third-order valence-electron chi connectivity index (χ3n) is 3.07. The van der Waals surface area contributed by atoms with Gasteiger partial charge in [0.25, 0.3) is 5.56 Å². The number of halogens is 1. The Kier molecular flexibility index (Phi) is 4.18. The second-order valence-electron chi connectivity index (χ2n) is 4.50. The Balaban J connectivity index is 2.58. The van der Waals surface area contributed by atoms with Crippen LogP contribution < -0.4 is 22.7 Å². The summed E-state index contributed by atoms with van der Waals surface area (Å²) in [5.41, 5.74) is 10.9. The van der Waals surface area contributed by atoms with Gasteiger partial charge < -0.3 is 11.5 Å². The van der Waals surface area contributed by atoms with Gasteiger partial charge in [-0.05, 0) is 17.7 Å². The molecular weight excluding hydrogens is 292 g/mol. The lowest BCUT2D eigenvalue weighted by atomic mass is 10.2. The number of rotatable bonds is 4. The SMILES string of the molecule is C=CCn1c(N)c(N)c(=O)n(Cc2ccc(Cl)cc2)c1=O. The molecule has 0 radical (unpaired) electrons. The molecule has 110 valence electrons. The quantitative estimate of drug-likeness (QED) is 0.826. The summed E-state index contributed by atoms with van der Waals surface area (Å²) in [6.45, 7) is 3.83. The minimum atomic E-state index is -0.604. The van der Waals surface area contributed by atoms with Crippen molar-refractivity contribution >= 4 is 23.1 Å². The second kappa shape index (κ2) is 5.88. The third-order valence-corrected chi connectivity index (χ3v) is 3.32. The first-order valence-corrected chi connectivity index (χ1v) is 6.57. The van der Waals surface area contributed by atoms with Gasteiger partial charge in [0.15, 0.2) is 0 Å². The Morgan fingerprint density at radius 3 is 2.33 bits per heavy atom. The molecule has 1 heterocycles. The van der Waals surface area contributed by atoms with Gasteiger partial charge in [0, 0.05) is 11.6 Å². The van der Waals surface area contributed by atoms with Gasteiger partial charge >= 0.3 is 5.69 Å². The van der Waals surface area contributed by atoms with Crippen molar-refractivity contribution in [3.8, 4) is 0 Å². The molecule has 4 N–H and O–H groups in total. The van der Waals surface area contributed by atoms with Crippen molar-refractivity contribution in [1.29, 1.82) is 0 Å². The summed E-state index contributed by atoms with van der Waals surface area (Å²) in [4.78, 5) is 24.5. The Hall–Kier alpha value is -2.47. The van der Waals surface area contributed by atoms with Crippen LogP contribution >= 0.6 is 11.6 Å². The number of nitrogens with two attached hydrogens (primary N) is 2. The zero-order chi connectivity index (χ0) is 15.6. The van der Waals surface area contributed by atoms with Crippen molar-refractivity contribution in [2.45, 2.75) is 13.1 Å². The van der Waals surface area contributed by atoms with Crippen LogP contribution in [0.4, 0.5) is 11.5 Å². The number of hydrogen-bond donors (Lipinski definition) is 2. The lowest BCUT2D eigenvalue weighted by molar-refractivity contribution is 0.628. The van der Waals surface area contributed by atoms with Crippen molar-refractivity contribution in [3.05, 3.63) is 68.3 Å². The van der Waals surface area contributed by atoms with Crippen molar-refractivity contribution in [2.24, 2.45) is 0 Å². The fraction of sp³-hybridized carbons (Fsp3) is 0.143. The zero-order valence-electron chi connectivity index (χ0n) is 11.3. The minimum absolute atomic E-state index is 0.0442. The molecule has 0 aliphatic carbocycles. The Labute approximate surface area is 125 Å². The van der Waals surface area contributed by atoms with Crippen molar-refractivity contribution in [2.75, 3.05) is 11.5 Å². The standard InChI is InChI=1S/C14H15ClN4O2/c1-2-7-18-12(17)11(16)13(20)19(14(18)21)8-9-3-5-10(15)6-4-9/h2-6H,1,7-8,16-17H2. The van der Waals surface area contributed by atoms with E-state index in [1.54, 1.807) is 24.3 Å². The predicted molar refractivity (Wildman–Crippen MR) is 84.5 cm³/mol. The van der Waals surface area contributed by atoms with Gasteiger partial charge in [0.1, 0.15) is 11.5 Å². The van der Waals surface area contributed by atoms with E-state index in [0.717, 1.165) is 10.1 Å². The first-order chi connectivity index (χ1) is 9.95. The Morgan fingerprint density at radius 2 is 1.76 bits per heavy atom. The molecule has 1 aromatic carbocycles. The maximum atomic E-state index is 12.3. The number of hydrogen-bond acceptors (Lipinski definition) is 4. The Morgan fingerprint density at radius 1 is 1.14 bits per heavy atom. The van der Waals surface area contributed by atoms with Crippen molar-refractivity contribution in [3.63, 3.8) is 0 Å². The highest BCUT2D eigenvalue weighted by Crippen LogP contribution is 2.11. The molecule has 0 bridgehead atoms. The molecule has 0 atom stereocenters. The molecular formula is C14H15ClN4O2. The summed E-state index contributed by atoms with van der Waals surface area (Å²) < 4.78 is 2.25. The zero-order valence-corrected chi connectivity index (χ0v) is 12.0. The smallest absolute Gasteiger partial charge is 0.333 e. The molecule has 0 aliphatic rings. The summed E-state index contributed by atoms with van der Waals surface area (Å²) in [6.07, 6.45) is 1.51. The lowest BCUT2D eigenvalue weighted by Gasteiger charge is -2.13. The molecule has 0 unspecified atom stereocenters. The Bertz CT molecular complexity index is 790. The molecule has 2 rings (SSSR count). The normalized spacial score (nSPS) is 10.5. The minimum Gasteiger partial charge on any atom is -0.391 e. The topological polar surface area (TPSA) is 96.0 Å². The predicted octanol–water partition coefficient (Wildman–Crippen LogP) is 1.06. The van der Waals surface area contributed by atoms with E-state index in [-0.39, 0.29) is 24.6 Å². The lowest BCUT2D eigenvalue weighted by Crippen LogP contribution is -2.42. The van der Waals surface area contributed by atoms with Crippen molar-refractivity contribution in [1.82, 2.24) is 9.13 Å². The summed E-state index contributed by atoms with van der Waals surface area (Å²) in [6, 6.07) is 6.84. The van der Waals surface area contributed by atoms with E-state index in [4.69, 9.17) is 23.1 Å². The van der Waals surface area contributed by atoms with Crippen molar-refractivity contribution < 1.29 is 0 Å². The average Bonchev–Trinajstić information content (AvgIpc) is 2.48. The van der Waals surface area contributed by atoms with Gasteiger partial charge in [-0.1, -0.05) is 29.8 Å². The van der Waals surface area contributed by atoms with E-state index in [9.17, 15) is 9.59 Å². The van der Waals surface area contributed by atoms with Gasteiger partial charge in [0.2, 0.25) is 0 Å². The molecule has 0 amide bonds. The largest absolute Gasteiger partial charge is 0.391 e. The van der Waals surface area contributed by atoms with Gasteiger partial charge in [-0.25, -0.2) is 4.79 Å². The summed E-state index contributed by atoms with van der Waals surface area (Å²) in [5, 5.41) is 0.576. The van der Waals surface area contributed by atoms with Crippen LogP contribution in [0.15, 0.2) is 46.5 Å². The highest BCUT2D eigenvalue weighted by Gasteiger charge is 2.14. The third kappa shape index (κ3) is 2.85. The number of nitrogen functional groups attached to an aromatic ring is 2. The maximum absolute atomic E-state index is 12.3. The molecule has 1 aromatic heterocycles. The van der Waals surface area contributed by atoms with Gasteiger partial charge in [-0.2, -0.15) is 0 Å². The fourth-order valence-corrected chi connectivity index (χ4v) is 2.08. The first-order valence-electron chi connectivity index (χ1n) is 6.19. The molecule has 0 aliphatic heterocycles. The maximum Gasteiger partial charge on any atom is 0.333 e. The molecule has 0 saturated heterocycles. The van der Waals surface area contributed by atoms with Gasteiger partial charge in [-0.15, -0.1) is 6.58 Å². The highest BCUT2D eigenvalue weighted by molar-refractivity contribution is 6.30. The monoisotopic (exact) mass is 306 g/mol. The summed E-state index contributed by atoms with van der Waals surface area (Å²) in [5.74, 6) is -0.0442. The molecule has 6 nitrogen and oxygen atoms in total. The van der Waals surface area contributed by atoms with Crippen LogP contribution in [-0.4, -0.2) is 9.13 Å². The molecule has 21 heavy (non-hydrogen) atoms. The van der Waals surface area contributed by atoms with Crippen LogP contribution in [0.3, 0.4) is 0 Å². The van der Waals surface area contributed by atoms with Crippen LogP contribution in [0.2, 0.25) is 5.02 Å². The average molecular weight is 307 g/mol. The number of benzene rings is 1. The van der Waals surface area contributed by atoms with Gasteiger partial charge in [-0.3, -0.25) is 13.9 Å². The number of nitrogens with zero attached hydrogens (tertiary/aromatic N) is 2. The molecule has 0 spiro atoms. The van der Waals surface area contributed by atoms with E-state index in [2.05, 4.69) is 6.58 Å². The molecule has 7 heteroatoms. The summed E-state index contributed by atoms with van der Waals surface area (Å²) >= 11 is 5.81. The van der Waals surface area contributed by atoms with E-state index in [0.29, 0.717) is 5.02 Å². The van der Waals surface area contributed by atoms with E-state index >= 15 is 0 Å². The van der Waals surface area contributed by atoms with Crippen LogP contribution in [0.25, 0.3) is 0 Å². The molecule has 0 fully saturated rings. The van der Waals surface area contributed by atoms with E-state index in [1.807, 2.05) is 0 Å². The highest BCUT2D eigenvalue weighted by atomic mass is 35.5. The first kappa shape index (κ1) is 14.9. The van der Waals surface area contributed by atoms with Gasteiger partial charge in [0.05, 0.1) is 6.54 Å². The fourth-order valence-electron chi connectivity index (χ4n) is 1.95.